The Morgan fingerprint density at radius 2 is 0.529 bits per heavy atom. The van der Waals surface area contributed by atoms with E-state index in [0.29, 0.717) is 0 Å². The number of hydrogen-bond donors (Lipinski definition) is 0. The molecule has 10 aromatic carbocycles. The quantitative estimate of drug-likeness (QED) is 0.110. The van der Waals surface area contributed by atoms with E-state index < -0.39 is 21.3 Å². The molecule has 0 radical (unpaired) electrons. The molecule has 68 heavy (non-hydrogen) atoms. The third-order valence-corrected chi connectivity index (χ3v) is 23.1. The van der Waals surface area contributed by atoms with Gasteiger partial charge in [-0.3, -0.25) is 0 Å². The zero-order valence-corrected chi connectivity index (χ0v) is 42.8. The van der Waals surface area contributed by atoms with Crippen LogP contribution in [0.25, 0.3) is 66.8 Å². The molecule has 0 aliphatic carbocycles. The van der Waals surface area contributed by atoms with E-state index in [-0.39, 0.29) is 0 Å². The average molecular weight is 953 g/mol. The van der Waals surface area contributed by atoms with Gasteiger partial charge in [0.15, 0.2) is 0 Å². The minimum atomic E-state index is -2.38. The molecule has 0 heterocycles. The fourth-order valence-corrected chi connectivity index (χ4v) is 15.5. The molecule has 3 heteroatoms. The van der Waals surface area contributed by atoms with Crippen molar-refractivity contribution in [3.63, 3.8) is 0 Å². The fraction of sp³-hybridized carbons (Fsp3) is 0.0769. The SMILES string of the molecule is C[Si](C)(C)c1ccc(-c2cccc(-c3ccc(N(c4ccc(-c5cccc(-c6ccccc6)c5)cc4)c4ccc(-c5cccc(-c6cc[c]([Ge]([CH3])([CH3])[c]7ccccc7)cc6)c5)cc4)cc3)c2)cc1. The van der Waals surface area contributed by atoms with Gasteiger partial charge in [-0.2, -0.15) is 0 Å². The molecule has 330 valence electrons. The van der Waals surface area contributed by atoms with Gasteiger partial charge in [0, 0.05) is 11.4 Å². The standard InChI is InChI=1S/C65H57GeNSi/c1-66(2,60-23-10-7-11-24-60)61-35-25-49(26-36-61)55-18-13-20-57(46-55)51-29-39-63(40-30-51)67(62-37-27-50(28-38-62)56-19-12-17-54(45-56)48-15-8-6-9-16-48)64-41-31-52(32-42-64)58-21-14-22-59(47-58)53-33-43-65(44-34-53)68(3,4)5/h6-47H,1-5H3. The molecular weight excluding hydrogens is 895 g/mol. The predicted molar refractivity (Wildman–Crippen MR) is 300 cm³/mol. The summed E-state index contributed by atoms with van der Waals surface area (Å²) >= 11 is -2.38. The molecule has 0 saturated carbocycles. The van der Waals surface area contributed by atoms with Gasteiger partial charge in [0.05, 0.1) is 8.07 Å². The smallest absolute Gasteiger partial charge is 0.0374 e. The molecule has 0 amide bonds. The van der Waals surface area contributed by atoms with Gasteiger partial charge in [0.25, 0.3) is 0 Å². The largest absolute Gasteiger partial charge is 0.0624 e. The van der Waals surface area contributed by atoms with Gasteiger partial charge >= 0.3 is 170 Å². The van der Waals surface area contributed by atoms with Gasteiger partial charge in [-0.1, -0.05) is 140 Å². The van der Waals surface area contributed by atoms with Gasteiger partial charge in [-0.15, -0.1) is 0 Å². The van der Waals surface area contributed by atoms with E-state index in [2.05, 4.69) is 291 Å². The number of benzene rings is 10. The molecule has 10 rings (SSSR count). The number of nitrogens with zero attached hydrogens (tertiary/aromatic N) is 1. The summed E-state index contributed by atoms with van der Waals surface area (Å²) in [6, 6.07) is 94.1. The molecule has 10 aromatic rings. The van der Waals surface area contributed by atoms with Crippen LogP contribution < -0.4 is 18.9 Å². The molecule has 0 unspecified atom stereocenters. The molecule has 0 atom stereocenters. The summed E-state index contributed by atoms with van der Waals surface area (Å²) in [7, 11) is -1.37. The number of anilines is 3. The van der Waals surface area contributed by atoms with Crippen molar-refractivity contribution in [2.24, 2.45) is 0 Å². The van der Waals surface area contributed by atoms with Crippen LogP contribution in [-0.2, 0) is 0 Å². The molecule has 0 bridgehead atoms. The third-order valence-electron chi connectivity index (χ3n) is 13.6. The van der Waals surface area contributed by atoms with Crippen molar-refractivity contribution in [2.75, 3.05) is 4.90 Å². The summed E-state index contributed by atoms with van der Waals surface area (Å²) in [5.41, 5.74) is 17.9. The van der Waals surface area contributed by atoms with Crippen molar-refractivity contribution in [3.8, 4) is 66.8 Å². The van der Waals surface area contributed by atoms with Crippen LogP contribution in [0.3, 0.4) is 0 Å². The van der Waals surface area contributed by atoms with Crippen LogP contribution in [0.5, 0.6) is 0 Å². The van der Waals surface area contributed by atoms with Crippen LogP contribution in [0, 0.1) is 0 Å². The van der Waals surface area contributed by atoms with E-state index >= 15 is 0 Å². The zero-order valence-electron chi connectivity index (χ0n) is 39.7. The van der Waals surface area contributed by atoms with Crippen LogP contribution in [0.15, 0.2) is 255 Å². The van der Waals surface area contributed by atoms with E-state index in [1.165, 1.54) is 80.7 Å². The summed E-state index contributed by atoms with van der Waals surface area (Å²) in [5.74, 6) is 4.97. The molecule has 0 aliphatic heterocycles. The second kappa shape index (κ2) is 19.2. The summed E-state index contributed by atoms with van der Waals surface area (Å²) in [5, 5.41) is 1.48. The third kappa shape index (κ3) is 9.62. The second-order valence-corrected chi connectivity index (χ2v) is 33.8. The van der Waals surface area contributed by atoms with Crippen LogP contribution in [0.2, 0.25) is 31.2 Å². The van der Waals surface area contributed by atoms with E-state index in [0.717, 1.165) is 17.1 Å². The Bertz CT molecular complexity index is 3280. The summed E-state index contributed by atoms with van der Waals surface area (Å²) in [6.07, 6.45) is 0. The van der Waals surface area contributed by atoms with E-state index in [1.807, 2.05) is 0 Å². The zero-order chi connectivity index (χ0) is 46.7. The normalized spacial score (nSPS) is 11.6. The first-order chi connectivity index (χ1) is 33.1. The Kier molecular flexibility index (Phi) is 12.6. The van der Waals surface area contributed by atoms with Crippen LogP contribution in [0.4, 0.5) is 17.1 Å². The molecule has 0 aliphatic rings. The van der Waals surface area contributed by atoms with Crippen LogP contribution in [0.1, 0.15) is 0 Å². The van der Waals surface area contributed by atoms with Gasteiger partial charge in [0.1, 0.15) is 0 Å². The molecule has 0 saturated heterocycles. The van der Waals surface area contributed by atoms with Gasteiger partial charge in [-0.25, -0.2) is 0 Å². The number of rotatable bonds is 12. The minimum absolute atomic E-state index is 1.10. The van der Waals surface area contributed by atoms with E-state index in [1.54, 1.807) is 0 Å². The topological polar surface area (TPSA) is 3.24 Å². The second-order valence-electron chi connectivity index (χ2n) is 19.5. The molecule has 1 nitrogen and oxygen atoms in total. The Balaban J connectivity index is 0.953. The molecule has 0 spiro atoms. The van der Waals surface area contributed by atoms with Crippen molar-refractivity contribution >= 4 is 52.4 Å². The maximum atomic E-state index is 2.49. The monoisotopic (exact) mass is 953 g/mol. The summed E-state index contributed by atoms with van der Waals surface area (Å²) in [6.45, 7) is 7.21. The van der Waals surface area contributed by atoms with Crippen LogP contribution >= 0.6 is 0 Å². The number of hydrogen-bond acceptors (Lipinski definition) is 1. The minimum Gasteiger partial charge on any atom is -0.0624 e. The Hall–Kier alpha value is -7.24. The van der Waals surface area contributed by atoms with Crippen LogP contribution in [-0.4, -0.2) is 21.3 Å². The first-order valence-corrected chi connectivity index (χ1v) is 33.6. The molecule has 0 N–H and O–H groups in total. The van der Waals surface area contributed by atoms with Crippen molar-refractivity contribution in [2.45, 2.75) is 31.2 Å². The molecule has 0 aromatic heterocycles. The Labute approximate surface area is 407 Å². The summed E-state index contributed by atoms with van der Waals surface area (Å²) in [4.78, 5) is 2.37. The van der Waals surface area contributed by atoms with Crippen molar-refractivity contribution in [1.82, 2.24) is 0 Å². The maximum absolute atomic E-state index is 2.49. The van der Waals surface area contributed by atoms with Crippen molar-refractivity contribution in [3.05, 3.63) is 255 Å². The average Bonchev–Trinajstić information content (AvgIpc) is 3.40. The van der Waals surface area contributed by atoms with Gasteiger partial charge in [-0.05, 0) is 80.9 Å². The first kappa shape index (κ1) is 44.6. The Morgan fingerprint density at radius 1 is 0.265 bits per heavy atom. The molecule has 0 fully saturated rings. The molecular formula is C65H57GeNSi. The first-order valence-electron chi connectivity index (χ1n) is 23.8. The predicted octanol–water partition coefficient (Wildman–Crippen LogP) is 16.5. The maximum Gasteiger partial charge on any atom is -0.0374 e. The van der Waals surface area contributed by atoms with E-state index in [4.69, 9.17) is 0 Å². The Morgan fingerprint density at radius 3 is 0.868 bits per heavy atom. The van der Waals surface area contributed by atoms with Crippen molar-refractivity contribution < 1.29 is 0 Å². The van der Waals surface area contributed by atoms with Crippen molar-refractivity contribution in [1.29, 1.82) is 0 Å². The van der Waals surface area contributed by atoms with Gasteiger partial charge in [0.2, 0.25) is 0 Å². The summed E-state index contributed by atoms with van der Waals surface area (Å²) < 4.78 is 2.99. The fourth-order valence-electron chi connectivity index (χ4n) is 9.39. The van der Waals surface area contributed by atoms with Gasteiger partial charge < -0.3 is 0 Å². The van der Waals surface area contributed by atoms with E-state index in [9.17, 15) is 0 Å².